The average Bonchev–Trinajstić information content (AvgIpc) is 2.62. The van der Waals surface area contributed by atoms with Crippen molar-refractivity contribution < 1.29 is 15.3 Å². The number of hydrogen-bond donors (Lipinski definition) is 4. The van der Waals surface area contributed by atoms with E-state index in [9.17, 15) is 0 Å². The van der Waals surface area contributed by atoms with E-state index in [2.05, 4.69) is 29.6 Å². The van der Waals surface area contributed by atoms with Crippen LogP contribution in [0.3, 0.4) is 0 Å². The summed E-state index contributed by atoms with van der Waals surface area (Å²) in [5, 5.41) is 30.2. The fourth-order valence-electron chi connectivity index (χ4n) is 2.61. The summed E-state index contributed by atoms with van der Waals surface area (Å²) in [6.07, 6.45) is 0.848. The van der Waals surface area contributed by atoms with Crippen LogP contribution in [-0.4, -0.2) is 54.8 Å². The molecule has 0 heterocycles. The molecule has 2 aromatic carbocycles. The number of rotatable bonds is 10. The molecule has 5 heteroatoms. The van der Waals surface area contributed by atoms with Crippen molar-refractivity contribution in [3.63, 3.8) is 0 Å². The van der Waals surface area contributed by atoms with Gasteiger partial charge in [0.15, 0.2) is 0 Å². The summed E-state index contributed by atoms with van der Waals surface area (Å²) in [6.45, 7) is 1.85. The third-order valence-electron chi connectivity index (χ3n) is 3.84. The van der Waals surface area contributed by atoms with E-state index >= 15 is 0 Å². The summed E-state index contributed by atoms with van der Waals surface area (Å²) < 4.78 is 0. The van der Waals surface area contributed by atoms with E-state index in [1.165, 1.54) is 11.1 Å². The Morgan fingerprint density at radius 2 is 1.25 bits per heavy atom. The molecule has 0 fully saturated rings. The molecule has 0 aromatic heterocycles. The van der Waals surface area contributed by atoms with Crippen LogP contribution in [-0.2, 0) is 6.42 Å². The fraction of sp³-hybridized carbons (Fsp3) is 0.368. The number of nitrogens with zero attached hydrogens (tertiary/aromatic N) is 1. The molecule has 0 bridgehead atoms. The van der Waals surface area contributed by atoms with Crippen molar-refractivity contribution in [3.8, 4) is 0 Å². The van der Waals surface area contributed by atoms with Gasteiger partial charge in [-0.05, 0) is 41.8 Å². The topological polar surface area (TPSA) is 76.0 Å². The highest BCUT2D eigenvalue weighted by Crippen LogP contribution is 2.18. The summed E-state index contributed by atoms with van der Waals surface area (Å²) in [7, 11) is 0. The molecule has 0 spiro atoms. The Hall–Kier alpha value is -2.08. The first-order valence-electron chi connectivity index (χ1n) is 8.26. The van der Waals surface area contributed by atoms with E-state index in [1.807, 2.05) is 29.2 Å². The normalized spacial score (nSPS) is 10.6. The second-order valence-corrected chi connectivity index (χ2v) is 5.62. The van der Waals surface area contributed by atoms with E-state index in [-0.39, 0.29) is 19.8 Å². The first-order valence-corrected chi connectivity index (χ1v) is 8.26. The monoisotopic (exact) mass is 330 g/mol. The highest BCUT2D eigenvalue weighted by atomic mass is 16.3. The van der Waals surface area contributed by atoms with Crippen LogP contribution in [0.2, 0.25) is 0 Å². The second-order valence-electron chi connectivity index (χ2n) is 5.62. The first kappa shape index (κ1) is 18.3. The molecular weight excluding hydrogens is 304 g/mol. The zero-order valence-electron chi connectivity index (χ0n) is 13.9. The molecule has 5 nitrogen and oxygen atoms in total. The lowest BCUT2D eigenvalue weighted by molar-refractivity contribution is 0.281. The van der Waals surface area contributed by atoms with Gasteiger partial charge in [-0.25, -0.2) is 0 Å². The summed E-state index contributed by atoms with van der Waals surface area (Å²) >= 11 is 0. The minimum Gasteiger partial charge on any atom is -0.395 e. The molecule has 0 atom stereocenters. The summed E-state index contributed by atoms with van der Waals surface area (Å²) in [4.78, 5) is 1.96. The minimum atomic E-state index is 0.0679. The van der Waals surface area contributed by atoms with Crippen LogP contribution in [0, 0.1) is 0 Å². The summed E-state index contributed by atoms with van der Waals surface area (Å²) in [5.41, 5.74) is 4.44. The van der Waals surface area contributed by atoms with Crippen LogP contribution in [0.15, 0.2) is 48.5 Å². The van der Waals surface area contributed by atoms with Gasteiger partial charge in [-0.2, -0.15) is 0 Å². The quantitative estimate of drug-likeness (QED) is 0.531. The Labute approximate surface area is 143 Å². The molecule has 0 aliphatic carbocycles. The van der Waals surface area contributed by atoms with E-state index in [0.717, 1.165) is 17.8 Å². The Kier molecular flexibility index (Phi) is 7.55. The second kappa shape index (κ2) is 9.93. The van der Waals surface area contributed by atoms with Crippen molar-refractivity contribution in [2.45, 2.75) is 6.42 Å². The van der Waals surface area contributed by atoms with Gasteiger partial charge in [0.25, 0.3) is 0 Å². The predicted molar refractivity (Wildman–Crippen MR) is 97.7 cm³/mol. The molecule has 24 heavy (non-hydrogen) atoms. The molecule has 130 valence electrons. The fourth-order valence-corrected chi connectivity index (χ4v) is 2.61. The number of anilines is 2. The van der Waals surface area contributed by atoms with Gasteiger partial charge in [0.1, 0.15) is 0 Å². The number of hydrogen-bond acceptors (Lipinski definition) is 5. The van der Waals surface area contributed by atoms with Crippen LogP contribution in [0.1, 0.15) is 11.1 Å². The third-order valence-corrected chi connectivity index (χ3v) is 3.84. The molecule has 0 amide bonds. The maximum absolute atomic E-state index is 9.11. The lowest BCUT2D eigenvalue weighted by Gasteiger charge is -2.23. The zero-order chi connectivity index (χ0) is 17.2. The minimum absolute atomic E-state index is 0.0679. The standard InChI is InChI=1S/C19H26N2O3/c22-12-9-20-18-5-1-16(2-6-18)15-17-3-7-19(8-4-17)21(10-13-23)11-14-24/h1-8,20,22-24H,9-15H2. The highest BCUT2D eigenvalue weighted by molar-refractivity contribution is 5.49. The highest BCUT2D eigenvalue weighted by Gasteiger charge is 2.05. The smallest absolute Gasteiger partial charge is 0.0606 e. The largest absolute Gasteiger partial charge is 0.395 e. The number of aliphatic hydroxyl groups excluding tert-OH is 3. The Balaban J connectivity index is 1.97. The molecule has 0 unspecified atom stereocenters. The van der Waals surface area contributed by atoms with E-state index < -0.39 is 0 Å². The van der Waals surface area contributed by atoms with Crippen molar-refractivity contribution in [2.24, 2.45) is 0 Å². The van der Waals surface area contributed by atoms with E-state index in [1.54, 1.807) is 0 Å². The summed E-state index contributed by atoms with van der Waals surface area (Å²) in [6, 6.07) is 16.4. The van der Waals surface area contributed by atoms with Crippen LogP contribution in [0.5, 0.6) is 0 Å². The molecule has 2 aromatic rings. The number of nitrogens with one attached hydrogen (secondary N) is 1. The van der Waals surface area contributed by atoms with Crippen molar-refractivity contribution in [2.75, 3.05) is 49.7 Å². The SMILES string of the molecule is OCCNc1ccc(Cc2ccc(N(CCO)CCO)cc2)cc1. The van der Waals surface area contributed by atoms with E-state index in [4.69, 9.17) is 15.3 Å². The lowest BCUT2D eigenvalue weighted by atomic mass is 10.0. The van der Waals surface area contributed by atoms with Crippen LogP contribution in [0.4, 0.5) is 11.4 Å². The maximum Gasteiger partial charge on any atom is 0.0606 e. The molecule has 4 N–H and O–H groups in total. The van der Waals surface area contributed by atoms with E-state index in [0.29, 0.717) is 19.6 Å². The van der Waals surface area contributed by atoms with Crippen LogP contribution >= 0.6 is 0 Å². The van der Waals surface area contributed by atoms with Gasteiger partial charge in [-0.1, -0.05) is 24.3 Å². The maximum atomic E-state index is 9.11. The van der Waals surface area contributed by atoms with Crippen LogP contribution < -0.4 is 10.2 Å². The third kappa shape index (κ3) is 5.53. The van der Waals surface area contributed by atoms with Gasteiger partial charge < -0.3 is 25.5 Å². The van der Waals surface area contributed by atoms with Gasteiger partial charge in [0.2, 0.25) is 0 Å². The van der Waals surface area contributed by atoms with Gasteiger partial charge >= 0.3 is 0 Å². The zero-order valence-corrected chi connectivity index (χ0v) is 13.9. The lowest BCUT2D eigenvalue weighted by Crippen LogP contribution is -2.29. The predicted octanol–water partition coefficient (Wildman–Crippen LogP) is 1.47. The Morgan fingerprint density at radius 1 is 0.708 bits per heavy atom. The van der Waals surface area contributed by atoms with Crippen molar-refractivity contribution >= 4 is 11.4 Å². The van der Waals surface area contributed by atoms with Crippen LogP contribution in [0.25, 0.3) is 0 Å². The molecule has 0 radical (unpaired) electrons. The molecule has 0 aliphatic heterocycles. The van der Waals surface area contributed by atoms with Gasteiger partial charge in [0.05, 0.1) is 19.8 Å². The molecular formula is C19H26N2O3. The number of aliphatic hydroxyl groups is 3. The van der Waals surface area contributed by atoms with Crippen molar-refractivity contribution in [3.05, 3.63) is 59.7 Å². The Bertz CT molecular complexity index is 579. The molecule has 0 saturated heterocycles. The molecule has 0 saturated carbocycles. The Morgan fingerprint density at radius 3 is 1.75 bits per heavy atom. The van der Waals surface area contributed by atoms with Crippen molar-refractivity contribution in [1.82, 2.24) is 0 Å². The number of benzene rings is 2. The van der Waals surface area contributed by atoms with Gasteiger partial charge in [-0.15, -0.1) is 0 Å². The average molecular weight is 330 g/mol. The molecule has 0 aliphatic rings. The first-order chi connectivity index (χ1) is 11.8. The van der Waals surface area contributed by atoms with Crippen molar-refractivity contribution in [1.29, 1.82) is 0 Å². The van der Waals surface area contributed by atoms with Gasteiger partial charge in [0, 0.05) is 31.0 Å². The molecule has 2 rings (SSSR count). The van der Waals surface area contributed by atoms with Gasteiger partial charge in [-0.3, -0.25) is 0 Å². The summed E-state index contributed by atoms with van der Waals surface area (Å²) in [5.74, 6) is 0.